The molecule has 0 unspecified atom stereocenters. The summed E-state index contributed by atoms with van der Waals surface area (Å²) >= 11 is 0. The molecule has 10 nitrogen and oxygen atoms in total. The fraction of sp³-hybridized carbons (Fsp3) is 0.690. The Balaban J connectivity index is 1.49. The zero-order valence-corrected chi connectivity index (χ0v) is 24.5. The second-order valence-corrected chi connectivity index (χ2v) is 13.2. The Morgan fingerprint density at radius 3 is 2.45 bits per heavy atom. The standard InChI is InChI=1S/C29H45N5O5S/c1-2-39-27(35)17-19-34(24-12-13-24)28(36)26(16-9-21-6-5-18-33(20-21)29(30)31)32-40(37,38)25-14-10-23(11-15-25)22-7-3-4-8-22/h10-11,14-15,21-22,24,26,32H,2-9,12-13,16-20H2,1H3,(H3,30,31)/t21-,26-/m0/s1. The Bertz CT molecular complexity index is 1130. The van der Waals surface area contributed by atoms with Crippen molar-refractivity contribution in [1.82, 2.24) is 14.5 Å². The molecule has 1 heterocycles. The lowest BCUT2D eigenvalue weighted by atomic mass is 9.91. The van der Waals surface area contributed by atoms with Gasteiger partial charge in [-0.3, -0.25) is 15.0 Å². The van der Waals surface area contributed by atoms with Crippen LogP contribution in [0.25, 0.3) is 0 Å². The number of carbonyl (C=O) groups excluding carboxylic acids is 2. The van der Waals surface area contributed by atoms with Crippen LogP contribution in [0.15, 0.2) is 29.2 Å². The molecule has 2 atom stereocenters. The molecule has 3 fully saturated rings. The number of rotatable bonds is 13. The normalized spacial score (nSPS) is 20.7. The lowest BCUT2D eigenvalue weighted by Crippen LogP contribution is -2.50. The van der Waals surface area contributed by atoms with Gasteiger partial charge in [-0.25, -0.2) is 8.42 Å². The number of benzene rings is 1. The zero-order chi connectivity index (χ0) is 28.7. The maximum Gasteiger partial charge on any atom is 0.307 e. The predicted octanol–water partition coefficient (Wildman–Crippen LogP) is 3.32. The van der Waals surface area contributed by atoms with Crippen molar-refractivity contribution in [3.8, 4) is 0 Å². The molecular weight excluding hydrogens is 530 g/mol. The lowest BCUT2D eigenvalue weighted by molar-refractivity contribution is -0.144. The van der Waals surface area contributed by atoms with E-state index in [4.69, 9.17) is 15.9 Å². The van der Waals surface area contributed by atoms with Crippen LogP contribution in [0, 0.1) is 11.3 Å². The predicted molar refractivity (Wildman–Crippen MR) is 153 cm³/mol. The Morgan fingerprint density at radius 2 is 1.82 bits per heavy atom. The van der Waals surface area contributed by atoms with Crippen LogP contribution in [0.4, 0.5) is 0 Å². The number of piperidine rings is 1. The molecule has 4 N–H and O–H groups in total. The van der Waals surface area contributed by atoms with Crippen molar-refractivity contribution in [3.05, 3.63) is 29.8 Å². The Hall–Kier alpha value is -2.66. The topological polar surface area (TPSA) is 146 Å². The molecule has 1 aromatic rings. The second kappa shape index (κ2) is 13.8. The van der Waals surface area contributed by atoms with Gasteiger partial charge in [0.15, 0.2) is 5.96 Å². The van der Waals surface area contributed by atoms with Crippen LogP contribution >= 0.6 is 0 Å². The minimum atomic E-state index is -3.95. The van der Waals surface area contributed by atoms with Gasteiger partial charge in [0.05, 0.1) is 17.9 Å². The van der Waals surface area contributed by atoms with Crippen molar-refractivity contribution in [1.29, 1.82) is 5.41 Å². The molecule has 4 rings (SSSR count). The number of ether oxygens (including phenoxy) is 1. The monoisotopic (exact) mass is 575 g/mol. The lowest BCUT2D eigenvalue weighted by Gasteiger charge is -2.34. The Labute approximate surface area is 238 Å². The quantitative estimate of drug-likeness (QED) is 0.186. The average Bonchev–Trinajstić information content (AvgIpc) is 3.62. The number of nitrogens with one attached hydrogen (secondary N) is 2. The molecule has 1 aromatic carbocycles. The van der Waals surface area contributed by atoms with E-state index in [0.29, 0.717) is 25.3 Å². The molecule has 3 aliphatic rings. The van der Waals surface area contributed by atoms with Gasteiger partial charge in [-0.15, -0.1) is 0 Å². The molecule has 2 saturated carbocycles. The first-order chi connectivity index (χ1) is 19.2. The van der Waals surface area contributed by atoms with E-state index < -0.39 is 16.1 Å². The van der Waals surface area contributed by atoms with E-state index in [9.17, 15) is 18.0 Å². The number of nitrogens with zero attached hydrogens (tertiary/aromatic N) is 2. The van der Waals surface area contributed by atoms with Crippen molar-refractivity contribution in [2.24, 2.45) is 11.7 Å². The molecule has 0 radical (unpaired) electrons. The molecule has 11 heteroatoms. The SMILES string of the molecule is CCOC(=O)CCN(C(=O)[C@H](CC[C@@H]1CCCN(C(=N)N)C1)NS(=O)(=O)c1ccc(C2CCCC2)cc1)C1CC1. The number of esters is 1. The fourth-order valence-electron chi connectivity index (χ4n) is 6.09. The maximum absolute atomic E-state index is 13.9. The number of nitrogens with two attached hydrogens (primary N) is 1. The minimum absolute atomic E-state index is 0.0162. The third kappa shape index (κ3) is 8.19. The van der Waals surface area contributed by atoms with Gasteiger partial charge in [0.25, 0.3) is 0 Å². The van der Waals surface area contributed by atoms with Gasteiger partial charge in [0.1, 0.15) is 6.04 Å². The van der Waals surface area contributed by atoms with Crippen LogP contribution < -0.4 is 10.5 Å². The maximum atomic E-state index is 13.9. The average molecular weight is 576 g/mol. The molecule has 0 spiro atoms. The summed E-state index contributed by atoms with van der Waals surface area (Å²) < 4.78 is 34.8. The number of amides is 1. The first-order valence-corrected chi connectivity index (χ1v) is 16.3. The van der Waals surface area contributed by atoms with Crippen LogP contribution in [0.2, 0.25) is 0 Å². The fourth-order valence-corrected chi connectivity index (χ4v) is 7.32. The van der Waals surface area contributed by atoms with E-state index in [-0.39, 0.29) is 54.3 Å². The van der Waals surface area contributed by atoms with E-state index in [1.54, 1.807) is 24.0 Å². The van der Waals surface area contributed by atoms with Gasteiger partial charge in [-0.05, 0) is 87.8 Å². The molecule has 0 bridgehead atoms. The van der Waals surface area contributed by atoms with Crippen molar-refractivity contribution in [3.63, 3.8) is 0 Å². The number of guanidine groups is 1. The highest BCUT2D eigenvalue weighted by atomic mass is 32.2. The van der Waals surface area contributed by atoms with Gasteiger partial charge < -0.3 is 20.3 Å². The third-order valence-electron chi connectivity index (χ3n) is 8.47. The van der Waals surface area contributed by atoms with Gasteiger partial charge in [0.2, 0.25) is 15.9 Å². The second-order valence-electron chi connectivity index (χ2n) is 11.5. The van der Waals surface area contributed by atoms with E-state index in [2.05, 4.69) is 4.72 Å². The van der Waals surface area contributed by atoms with Crippen molar-refractivity contribution in [2.45, 2.75) is 100 Å². The van der Waals surface area contributed by atoms with Gasteiger partial charge in [0, 0.05) is 25.7 Å². The highest BCUT2D eigenvalue weighted by Gasteiger charge is 2.38. The summed E-state index contributed by atoms with van der Waals surface area (Å²) in [6.45, 7) is 3.59. The smallest absolute Gasteiger partial charge is 0.307 e. The number of hydrogen-bond acceptors (Lipinski definition) is 6. The summed E-state index contributed by atoms with van der Waals surface area (Å²) in [5.41, 5.74) is 6.87. The van der Waals surface area contributed by atoms with Crippen LogP contribution in [0.3, 0.4) is 0 Å². The summed E-state index contributed by atoms with van der Waals surface area (Å²) in [5.74, 6) is 0.0646. The molecular formula is C29H45N5O5S. The molecule has 1 saturated heterocycles. The van der Waals surface area contributed by atoms with Crippen LogP contribution in [-0.4, -0.2) is 74.4 Å². The number of sulfonamides is 1. The summed E-state index contributed by atoms with van der Waals surface area (Å²) in [7, 11) is -3.95. The van der Waals surface area contributed by atoms with E-state index in [0.717, 1.165) is 50.6 Å². The summed E-state index contributed by atoms with van der Waals surface area (Å²) in [4.78, 5) is 29.5. The van der Waals surface area contributed by atoms with Crippen molar-refractivity contribution in [2.75, 3.05) is 26.2 Å². The van der Waals surface area contributed by atoms with Crippen LogP contribution in [0.1, 0.15) is 89.0 Å². The van der Waals surface area contributed by atoms with Gasteiger partial charge in [-0.1, -0.05) is 25.0 Å². The van der Waals surface area contributed by atoms with E-state index in [1.807, 2.05) is 17.0 Å². The molecule has 2 aliphatic carbocycles. The van der Waals surface area contributed by atoms with Crippen LogP contribution in [-0.2, 0) is 24.3 Å². The minimum Gasteiger partial charge on any atom is -0.466 e. The summed E-state index contributed by atoms with van der Waals surface area (Å²) in [6, 6.07) is 6.15. The Kier molecular flexibility index (Phi) is 10.5. The van der Waals surface area contributed by atoms with Gasteiger partial charge >= 0.3 is 5.97 Å². The first-order valence-electron chi connectivity index (χ1n) is 14.8. The van der Waals surface area contributed by atoms with Gasteiger partial charge in [-0.2, -0.15) is 4.72 Å². The molecule has 222 valence electrons. The molecule has 1 amide bonds. The number of hydrogen-bond donors (Lipinski definition) is 3. The number of likely N-dealkylation sites (tertiary alicyclic amines) is 1. The van der Waals surface area contributed by atoms with E-state index in [1.165, 1.54) is 12.8 Å². The third-order valence-corrected chi connectivity index (χ3v) is 9.96. The number of carbonyl (C=O) groups is 2. The first kappa shape index (κ1) is 30.3. The zero-order valence-electron chi connectivity index (χ0n) is 23.6. The summed E-state index contributed by atoms with van der Waals surface area (Å²) in [5, 5.41) is 7.78. The Morgan fingerprint density at radius 1 is 1.12 bits per heavy atom. The highest BCUT2D eigenvalue weighted by Crippen LogP contribution is 2.34. The molecule has 0 aromatic heterocycles. The van der Waals surface area contributed by atoms with E-state index >= 15 is 0 Å². The molecule has 1 aliphatic heterocycles. The highest BCUT2D eigenvalue weighted by molar-refractivity contribution is 7.89. The van der Waals surface area contributed by atoms with Crippen molar-refractivity contribution >= 4 is 27.9 Å². The largest absolute Gasteiger partial charge is 0.466 e. The van der Waals surface area contributed by atoms with Crippen LogP contribution in [0.5, 0.6) is 0 Å². The van der Waals surface area contributed by atoms with Crippen molar-refractivity contribution < 1.29 is 22.7 Å². The molecule has 40 heavy (non-hydrogen) atoms. The summed E-state index contributed by atoms with van der Waals surface area (Å²) in [6.07, 6.45) is 9.22.